The summed E-state index contributed by atoms with van der Waals surface area (Å²) in [6.45, 7) is 6.70. The van der Waals surface area contributed by atoms with Gasteiger partial charge in [-0.05, 0) is 36.1 Å². The van der Waals surface area contributed by atoms with Crippen molar-refractivity contribution < 1.29 is 4.74 Å². The Balaban J connectivity index is 2.71. The average Bonchev–Trinajstić information content (AvgIpc) is 2.26. The Bertz CT molecular complexity index is 398. The summed E-state index contributed by atoms with van der Waals surface area (Å²) in [4.78, 5) is 0. The van der Waals surface area contributed by atoms with Gasteiger partial charge in [0.25, 0.3) is 0 Å². The summed E-state index contributed by atoms with van der Waals surface area (Å²) in [7, 11) is 1.69. The molecule has 0 aliphatic rings. The van der Waals surface area contributed by atoms with Gasteiger partial charge in [-0.3, -0.25) is 0 Å². The molecule has 0 amide bonds. The third-order valence-corrected chi connectivity index (χ3v) is 3.91. The van der Waals surface area contributed by atoms with E-state index in [1.165, 1.54) is 0 Å². The second kappa shape index (κ2) is 7.70. The lowest BCUT2D eigenvalue weighted by Crippen LogP contribution is -2.28. The second-order valence-corrected chi connectivity index (χ2v) is 6.37. The molecule has 0 aromatic heterocycles. The van der Waals surface area contributed by atoms with Crippen molar-refractivity contribution in [3.8, 4) is 0 Å². The van der Waals surface area contributed by atoms with Crippen molar-refractivity contribution in [1.29, 1.82) is 0 Å². The van der Waals surface area contributed by atoms with Gasteiger partial charge in [0.05, 0.1) is 6.61 Å². The van der Waals surface area contributed by atoms with Gasteiger partial charge in [0, 0.05) is 28.7 Å². The molecule has 19 heavy (non-hydrogen) atoms. The minimum absolute atomic E-state index is 0.112. The molecule has 0 aliphatic heterocycles. The number of rotatable bonds is 7. The first kappa shape index (κ1) is 17.1. The quantitative estimate of drug-likeness (QED) is 0.743. The van der Waals surface area contributed by atoms with Gasteiger partial charge >= 0.3 is 0 Å². The molecule has 0 saturated carbocycles. The van der Waals surface area contributed by atoms with Gasteiger partial charge in [0.1, 0.15) is 0 Å². The molecule has 0 radical (unpaired) electrons. The van der Waals surface area contributed by atoms with Crippen molar-refractivity contribution in [2.75, 3.05) is 26.8 Å². The number of benzene rings is 1. The van der Waals surface area contributed by atoms with Crippen LogP contribution in [0.2, 0.25) is 15.1 Å². The fourth-order valence-electron chi connectivity index (χ4n) is 2.01. The van der Waals surface area contributed by atoms with E-state index in [4.69, 9.17) is 39.5 Å². The van der Waals surface area contributed by atoms with E-state index in [0.717, 1.165) is 25.1 Å². The van der Waals surface area contributed by atoms with Gasteiger partial charge in [-0.1, -0.05) is 48.7 Å². The highest BCUT2D eigenvalue weighted by molar-refractivity contribution is 6.39. The van der Waals surface area contributed by atoms with Crippen molar-refractivity contribution in [1.82, 2.24) is 5.32 Å². The molecule has 0 bridgehead atoms. The number of ether oxygens (including phenoxy) is 1. The molecule has 1 N–H and O–H groups in total. The second-order valence-electron chi connectivity index (χ2n) is 5.12. The van der Waals surface area contributed by atoms with E-state index in [2.05, 4.69) is 19.2 Å². The summed E-state index contributed by atoms with van der Waals surface area (Å²) < 4.78 is 4.99. The van der Waals surface area contributed by atoms with E-state index in [0.29, 0.717) is 21.7 Å². The first-order chi connectivity index (χ1) is 8.88. The number of hydrogen-bond acceptors (Lipinski definition) is 2. The molecule has 0 spiro atoms. The lowest BCUT2D eigenvalue weighted by atomic mass is 9.81. The van der Waals surface area contributed by atoms with Crippen molar-refractivity contribution in [2.24, 2.45) is 0 Å². The molecule has 1 aromatic carbocycles. The Morgan fingerprint density at radius 2 is 1.68 bits per heavy atom. The lowest BCUT2D eigenvalue weighted by Gasteiger charge is -2.28. The average molecular weight is 325 g/mol. The topological polar surface area (TPSA) is 21.3 Å². The van der Waals surface area contributed by atoms with E-state index in [1.54, 1.807) is 19.2 Å². The summed E-state index contributed by atoms with van der Waals surface area (Å²) in [6, 6.07) is 3.48. The van der Waals surface area contributed by atoms with Gasteiger partial charge in [0.15, 0.2) is 0 Å². The van der Waals surface area contributed by atoms with E-state index in [1.807, 2.05) is 0 Å². The maximum Gasteiger partial charge on any atom is 0.0587 e. The van der Waals surface area contributed by atoms with Crippen LogP contribution in [-0.2, 0) is 10.2 Å². The zero-order chi connectivity index (χ0) is 14.5. The molecular weight excluding hydrogens is 305 g/mol. The number of methoxy groups -OCH3 is 1. The number of nitrogens with one attached hydrogen (secondary N) is 1. The Hall–Kier alpha value is 0.01000. The van der Waals surface area contributed by atoms with Crippen LogP contribution in [0, 0.1) is 0 Å². The summed E-state index contributed by atoms with van der Waals surface area (Å²) in [5.41, 5.74) is 0.840. The van der Waals surface area contributed by atoms with Crippen LogP contribution >= 0.6 is 34.8 Å². The Labute approximate surface area is 130 Å². The fraction of sp³-hybridized carbons (Fsp3) is 0.571. The molecule has 1 aromatic rings. The summed E-state index contributed by atoms with van der Waals surface area (Å²) in [5, 5.41) is 5.14. The van der Waals surface area contributed by atoms with Crippen LogP contribution in [-0.4, -0.2) is 26.8 Å². The van der Waals surface area contributed by atoms with Crippen molar-refractivity contribution in [3.05, 3.63) is 32.8 Å². The number of halogens is 3. The number of hydrogen-bond donors (Lipinski definition) is 1. The monoisotopic (exact) mass is 323 g/mol. The van der Waals surface area contributed by atoms with Crippen LogP contribution in [0.25, 0.3) is 0 Å². The summed E-state index contributed by atoms with van der Waals surface area (Å²) in [5.74, 6) is 0. The molecule has 1 rings (SSSR count). The molecule has 0 fully saturated rings. The van der Waals surface area contributed by atoms with Crippen LogP contribution in [0.15, 0.2) is 12.1 Å². The van der Waals surface area contributed by atoms with Gasteiger partial charge in [-0.15, -0.1) is 0 Å². The van der Waals surface area contributed by atoms with Crippen LogP contribution in [0.4, 0.5) is 0 Å². The zero-order valence-corrected chi connectivity index (χ0v) is 13.8. The highest BCUT2D eigenvalue weighted by atomic mass is 35.5. The minimum atomic E-state index is -0.112. The molecular formula is C14H20Cl3NO. The molecule has 0 atom stereocenters. The van der Waals surface area contributed by atoms with Crippen molar-refractivity contribution in [3.63, 3.8) is 0 Å². The molecule has 2 nitrogen and oxygen atoms in total. The molecule has 108 valence electrons. The van der Waals surface area contributed by atoms with Crippen LogP contribution in [0.5, 0.6) is 0 Å². The molecule has 0 heterocycles. The Morgan fingerprint density at radius 1 is 1.11 bits per heavy atom. The largest absolute Gasteiger partial charge is 0.383 e. The van der Waals surface area contributed by atoms with Gasteiger partial charge < -0.3 is 10.1 Å². The van der Waals surface area contributed by atoms with E-state index >= 15 is 0 Å². The van der Waals surface area contributed by atoms with E-state index in [-0.39, 0.29) is 5.41 Å². The van der Waals surface area contributed by atoms with Crippen molar-refractivity contribution >= 4 is 34.8 Å². The smallest absolute Gasteiger partial charge is 0.0587 e. The summed E-state index contributed by atoms with van der Waals surface area (Å²) in [6.07, 6.45) is 0.928. The molecule has 0 unspecified atom stereocenters. The predicted molar refractivity (Wildman–Crippen MR) is 83.9 cm³/mol. The van der Waals surface area contributed by atoms with E-state index < -0.39 is 0 Å². The maximum absolute atomic E-state index is 6.27. The fourth-order valence-corrected chi connectivity index (χ4v) is 3.34. The third-order valence-electron chi connectivity index (χ3n) is 3.09. The van der Waals surface area contributed by atoms with E-state index in [9.17, 15) is 0 Å². The van der Waals surface area contributed by atoms with Crippen molar-refractivity contribution in [2.45, 2.75) is 25.7 Å². The SMILES string of the molecule is COCCNCCC(C)(C)c1c(Cl)cc(Cl)cc1Cl. The Kier molecular flexibility index (Phi) is 6.92. The normalized spacial score (nSPS) is 11.9. The molecule has 0 aliphatic carbocycles. The van der Waals surface area contributed by atoms with Crippen LogP contribution in [0.3, 0.4) is 0 Å². The first-order valence-electron chi connectivity index (χ1n) is 6.23. The third kappa shape index (κ3) is 5.13. The Morgan fingerprint density at radius 3 is 2.21 bits per heavy atom. The lowest BCUT2D eigenvalue weighted by molar-refractivity contribution is 0.198. The zero-order valence-electron chi connectivity index (χ0n) is 11.5. The van der Waals surface area contributed by atoms with Gasteiger partial charge in [-0.2, -0.15) is 0 Å². The highest BCUT2D eigenvalue weighted by Gasteiger charge is 2.26. The van der Waals surface area contributed by atoms with Gasteiger partial charge in [0.2, 0.25) is 0 Å². The molecule has 5 heteroatoms. The van der Waals surface area contributed by atoms with Gasteiger partial charge in [-0.25, -0.2) is 0 Å². The highest BCUT2D eigenvalue weighted by Crippen LogP contribution is 2.39. The van der Waals surface area contributed by atoms with Crippen LogP contribution in [0.1, 0.15) is 25.8 Å². The minimum Gasteiger partial charge on any atom is -0.383 e. The maximum atomic E-state index is 6.27. The summed E-state index contributed by atoms with van der Waals surface area (Å²) >= 11 is 18.5. The molecule has 0 saturated heterocycles. The first-order valence-corrected chi connectivity index (χ1v) is 7.36. The standard InChI is InChI=1S/C14H20Cl3NO/c1-14(2,4-5-18-6-7-19-3)13-11(16)8-10(15)9-12(13)17/h8-9,18H,4-7H2,1-3H3. The predicted octanol–water partition coefficient (Wildman–Crippen LogP) is 4.55. The van der Waals surface area contributed by atoms with Crippen LogP contribution < -0.4 is 5.32 Å².